The van der Waals surface area contributed by atoms with Crippen LogP contribution in [0.1, 0.15) is 24.2 Å². The second-order valence-electron chi connectivity index (χ2n) is 4.67. The zero-order valence-electron chi connectivity index (χ0n) is 11.4. The van der Waals surface area contributed by atoms with Gasteiger partial charge >= 0.3 is 0 Å². The number of benzene rings is 2. The lowest BCUT2D eigenvalue weighted by Crippen LogP contribution is -2.29. The summed E-state index contributed by atoms with van der Waals surface area (Å²) in [4.78, 5) is 0. The topological polar surface area (TPSA) is 59.0 Å². The van der Waals surface area contributed by atoms with Crippen molar-refractivity contribution in [3.8, 4) is 11.8 Å². The first kappa shape index (κ1) is 14.9. The first-order valence-corrected chi connectivity index (χ1v) is 6.39. The molecule has 0 aromatic heterocycles. The van der Waals surface area contributed by atoms with Gasteiger partial charge in [0.2, 0.25) is 0 Å². The molecule has 2 aromatic carbocycles. The Morgan fingerprint density at radius 1 is 1.14 bits per heavy atom. The summed E-state index contributed by atoms with van der Waals surface area (Å²) in [5.74, 6) is -0.932. The van der Waals surface area contributed by atoms with Crippen LogP contribution in [0.3, 0.4) is 0 Å². The van der Waals surface area contributed by atoms with E-state index < -0.39 is 23.8 Å². The van der Waals surface area contributed by atoms with Gasteiger partial charge in [-0.05, 0) is 25.1 Å². The fourth-order valence-electron chi connectivity index (χ4n) is 1.97. The zero-order chi connectivity index (χ0) is 15.4. The Morgan fingerprint density at radius 3 is 2.43 bits per heavy atom. The Hall–Kier alpha value is -2.45. The fraction of sp³-hybridized carbons (Fsp3) is 0.188. The smallest absolute Gasteiger partial charge is 0.144 e. The minimum atomic E-state index is -0.751. The second-order valence-corrected chi connectivity index (χ2v) is 4.67. The van der Waals surface area contributed by atoms with Crippen LogP contribution < -0.4 is 10.5 Å². The summed E-state index contributed by atoms with van der Waals surface area (Å²) < 4.78 is 33.0. The van der Waals surface area contributed by atoms with Crippen molar-refractivity contribution in [2.45, 2.75) is 19.1 Å². The Bertz CT molecular complexity index is 680. The van der Waals surface area contributed by atoms with Crippen molar-refractivity contribution in [3.63, 3.8) is 0 Å². The van der Waals surface area contributed by atoms with Crippen molar-refractivity contribution >= 4 is 0 Å². The molecule has 0 aliphatic heterocycles. The Kier molecular flexibility index (Phi) is 4.51. The normalized spacial score (nSPS) is 13.3. The van der Waals surface area contributed by atoms with Crippen molar-refractivity contribution < 1.29 is 13.5 Å². The van der Waals surface area contributed by atoms with Crippen molar-refractivity contribution in [2.75, 3.05) is 0 Å². The van der Waals surface area contributed by atoms with Gasteiger partial charge in [0.25, 0.3) is 0 Å². The molecule has 0 fully saturated rings. The average Bonchev–Trinajstić information content (AvgIpc) is 2.45. The van der Waals surface area contributed by atoms with Crippen LogP contribution in [0, 0.1) is 23.0 Å². The molecule has 3 nitrogen and oxygen atoms in total. The second kappa shape index (κ2) is 6.33. The molecular formula is C16H14F2N2O. The van der Waals surface area contributed by atoms with Gasteiger partial charge in [-0.1, -0.05) is 18.2 Å². The van der Waals surface area contributed by atoms with E-state index in [4.69, 9.17) is 15.7 Å². The highest BCUT2D eigenvalue weighted by Crippen LogP contribution is 2.27. The molecule has 0 bridgehead atoms. The number of halogens is 2. The minimum absolute atomic E-state index is 0.0782. The van der Waals surface area contributed by atoms with Gasteiger partial charge in [0.05, 0.1) is 5.56 Å². The van der Waals surface area contributed by atoms with E-state index in [2.05, 4.69) is 0 Å². The molecular weight excluding hydrogens is 274 g/mol. The molecule has 0 aliphatic rings. The van der Waals surface area contributed by atoms with E-state index in [9.17, 15) is 8.78 Å². The van der Waals surface area contributed by atoms with E-state index in [1.807, 2.05) is 0 Å². The minimum Gasteiger partial charge on any atom is -0.484 e. The van der Waals surface area contributed by atoms with Crippen molar-refractivity contribution in [1.82, 2.24) is 0 Å². The molecule has 0 radical (unpaired) electrons. The van der Waals surface area contributed by atoms with Gasteiger partial charge in [0.15, 0.2) is 0 Å². The van der Waals surface area contributed by atoms with E-state index in [1.54, 1.807) is 31.2 Å². The molecule has 21 heavy (non-hydrogen) atoms. The Balaban J connectivity index is 2.32. The number of hydrogen-bond acceptors (Lipinski definition) is 3. The first-order chi connectivity index (χ1) is 10.0. The monoisotopic (exact) mass is 288 g/mol. The van der Waals surface area contributed by atoms with Crippen LogP contribution in [0.2, 0.25) is 0 Å². The maximum atomic E-state index is 13.8. The van der Waals surface area contributed by atoms with Gasteiger partial charge in [-0.3, -0.25) is 0 Å². The van der Waals surface area contributed by atoms with Crippen LogP contribution in [-0.2, 0) is 0 Å². The maximum Gasteiger partial charge on any atom is 0.144 e. The molecule has 0 saturated heterocycles. The molecule has 2 atom stereocenters. The third-order valence-electron chi connectivity index (χ3n) is 3.01. The average molecular weight is 288 g/mol. The van der Waals surface area contributed by atoms with Gasteiger partial charge in [0.1, 0.15) is 29.6 Å². The van der Waals surface area contributed by atoms with Crippen LogP contribution in [0.4, 0.5) is 8.78 Å². The van der Waals surface area contributed by atoms with Gasteiger partial charge in [-0.15, -0.1) is 0 Å². The fourth-order valence-corrected chi connectivity index (χ4v) is 1.97. The number of nitriles is 1. The summed E-state index contributed by atoms with van der Waals surface area (Å²) in [7, 11) is 0. The van der Waals surface area contributed by atoms with Crippen LogP contribution in [0.15, 0.2) is 42.5 Å². The number of ether oxygens (including phenoxy) is 1. The molecule has 2 N–H and O–H groups in total. The molecule has 0 saturated carbocycles. The summed E-state index contributed by atoms with van der Waals surface area (Å²) in [6.45, 7) is 1.68. The first-order valence-electron chi connectivity index (χ1n) is 6.39. The molecule has 0 spiro atoms. The highest BCUT2D eigenvalue weighted by molar-refractivity contribution is 5.36. The standard InChI is InChI=1S/C16H14F2N2O/c1-10(20)16(13-4-2-3-5-14(13)17)21-12-7-6-11(9-19)15(18)8-12/h2-8,10,16H,20H2,1H3. The van der Waals surface area contributed by atoms with Crippen molar-refractivity contribution in [3.05, 3.63) is 65.2 Å². The highest BCUT2D eigenvalue weighted by Gasteiger charge is 2.22. The molecule has 2 unspecified atom stereocenters. The third kappa shape index (κ3) is 3.36. The Morgan fingerprint density at radius 2 is 1.86 bits per heavy atom. The maximum absolute atomic E-state index is 13.8. The van der Waals surface area contributed by atoms with Crippen LogP contribution >= 0.6 is 0 Å². The molecule has 2 rings (SSSR count). The lowest BCUT2D eigenvalue weighted by atomic mass is 10.0. The largest absolute Gasteiger partial charge is 0.484 e. The summed E-state index contributed by atoms with van der Waals surface area (Å²) in [5.41, 5.74) is 6.07. The van der Waals surface area contributed by atoms with E-state index >= 15 is 0 Å². The van der Waals surface area contributed by atoms with E-state index in [0.29, 0.717) is 5.56 Å². The van der Waals surface area contributed by atoms with Crippen LogP contribution in [0.25, 0.3) is 0 Å². The van der Waals surface area contributed by atoms with Gasteiger partial charge in [0, 0.05) is 17.7 Å². The predicted octanol–water partition coefficient (Wildman–Crippen LogP) is 3.30. The zero-order valence-corrected chi connectivity index (χ0v) is 11.4. The quantitative estimate of drug-likeness (QED) is 0.939. The summed E-state index contributed by atoms with van der Waals surface area (Å²) >= 11 is 0. The number of rotatable bonds is 4. The summed E-state index contributed by atoms with van der Waals surface area (Å²) in [6.07, 6.45) is -0.751. The third-order valence-corrected chi connectivity index (χ3v) is 3.01. The molecule has 108 valence electrons. The molecule has 5 heteroatoms. The van der Waals surface area contributed by atoms with E-state index in [-0.39, 0.29) is 11.3 Å². The number of hydrogen-bond donors (Lipinski definition) is 1. The summed E-state index contributed by atoms with van der Waals surface area (Å²) in [6, 6.07) is 11.2. The van der Waals surface area contributed by atoms with Gasteiger partial charge in [-0.25, -0.2) is 8.78 Å². The van der Waals surface area contributed by atoms with Crippen LogP contribution in [0.5, 0.6) is 5.75 Å². The summed E-state index contributed by atoms with van der Waals surface area (Å²) in [5, 5.41) is 8.69. The van der Waals surface area contributed by atoms with Crippen molar-refractivity contribution in [1.29, 1.82) is 5.26 Å². The molecule has 0 aliphatic carbocycles. The SMILES string of the molecule is CC(N)C(Oc1ccc(C#N)c(F)c1)c1ccccc1F. The lowest BCUT2D eigenvalue weighted by molar-refractivity contribution is 0.175. The number of nitrogens with two attached hydrogens (primary N) is 1. The Labute approximate surface area is 121 Å². The van der Waals surface area contributed by atoms with Gasteiger partial charge in [-0.2, -0.15) is 5.26 Å². The van der Waals surface area contributed by atoms with Crippen molar-refractivity contribution in [2.24, 2.45) is 5.73 Å². The molecule has 0 amide bonds. The molecule has 2 aromatic rings. The highest BCUT2D eigenvalue weighted by atomic mass is 19.1. The number of nitrogens with zero attached hydrogens (tertiary/aromatic N) is 1. The lowest BCUT2D eigenvalue weighted by Gasteiger charge is -2.23. The molecule has 0 heterocycles. The van der Waals surface area contributed by atoms with E-state index in [0.717, 1.165) is 6.07 Å². The predicted molar refractivity (Wildman–Crippen MR) is 74.5 cm³/mol. The van der Waals surface area contributed by atoms with Crippen LogP contribution in [-0.4, -0.2) is 6.04 Å². The van der Waals surface area contributed by atoms with E-state index in [1.165, 1.54) is 18.2 Å². The van der Waals surface area contributed by atoms with Gasteiger partial charge < -0.3 is 10.5 Å².